The molecule has 0 spiro atoms. The number of carbonyl (C=O) groups is 1. The molecule has 0 aliphatic heterocycles. The van der Waals surface area contributed by atoms with E-state index in [1.165, 1.54) is 5.56 Å². The van der Waals surface area contributed by atoms with Crippen molar-refractivity contribution < 1.29 is 9.32 Å². The molecule has 3 N–H and O–H groups in total. The number of rotatable bonds is 10. The predicted molar refractivity (Wildman–Crippen MR) is 130 cm³/mol. The van der Waals surface area contributed by atoms with E-state index in [4.69, 9.17) is 4.52 Å². The van der Waals surface area contributed by atoms with Crippen LogP contribution < -0.4 is 16.0 Å². The maximum atomic E-state index is 11.8. The highest BCUT2D eigenvalue weighted by Crippen LogP contribution is 2.18. The minimum Gasteiger partial charge on any atom is -0.357 e. The summed E-state index contributed by atoms with van der Waals surface area (Å²) in [5.41, 5.74) is 3.89. The Kier molecular flexibility index (Phi) is 8.99. The Morgan fingerprint density at radius 1 is 1.03 bits per heavy atom. The quantitative estimate of drug-likeness (QED) is 0.325. The van der Waals surface area contributed by atoms with E-state index in [0.29, 0.717) is 23.8 Å². The van der Waals surface area contributed by atoms with Gasteiger partial charge in [0, 0.05) is 44.2 Å². The van der Waals surface area contributed by atoms with Crippen molar-refractivity contribution in [3.8, 4) is 11.5 Å². The first-order valence-corrected chi connectivity index (χ1v) is 11.4. The Morgan fingerprint density at radius 2 is 1.85 bits per heavy atom. The number of guanidine groups is 1. The van der Waals surface area contributed by atoms with Crippen LogP contribution in [0, 0.1) is 0 Å². The minimum atomic E-state index is -0.0736. The van der Waals surface area contributed by atoms with Crippen LogP contribution in [0.5, 0.6) is 0 Å². The third-order valence-electron chi connectivity index (χ3n) is 5.12. The molecule has 1 heterocycles. The van der Waals surface area contributed by atoms with Gasteiger partial charge in [0.1, 0.15) is 0 Å². The van der Waals surface area contributed by atoms with E-state index in [-0.39, 0.29) is 5.91 Å². The molecular weight excluding hydrogens is 416 g/mol. The van der Waals surface area contributed by atoms with Gasteiger partial charge in [-0.1, -0.05) is 36.3 Å². The lowest BCUT2D eigenvalue weighted by molar-refractivity contribution is 0.0963. The molecule has 0 aliphatic carbocycles. The van der Waals surface area contributed by atoms with Crippen molar-refractivity contribution in [1.29, 1.82) is 0 Å². The van der Waals surface area contributed by atoms with Gasteiger partial charge in [-0.3, -0.25) is 9.79 Å². The van der Waals surface area contributed by atoms with Crippen LogP contribution in [-0.4, -0.2) is 48.7 Å². The molecule has 0 saturated carbocycles. The smallest absolute Gasteiger partial charge is 0.257 e. The lowest BCUT2D eigenvalue weighted by Crippen LogP contribution is -2.38. The van der Waals surface area contributed by atoms with Gasteiger partial charge in [0.05, 0.1) is 0 Å². The number of carbonyl (C=O) groups excluding carboxylic acids is 1. The Hall–Kier alpha value is -3.68. The van der Waals surface area contributed by atoms with Crippen molar-refractivity contribution in [2.24, 2.45) is 4.99 Å². The second-order valence-electron chi connectivity index (χ2n) is 7.53. The van der Waals surface area contributed by atoms with Crippen LogP contribution in [0.15, 0.2) is 58.0 Å². The molecule has 1 amide bonds. The van der Waals surface area contributed by atoms with Crippen LogP contribution >= 0.6 is 0 Å². The third kappa shape index (κ3) is 7.17. The number of aryl methyl sites for hydroxylation is 1. The van der Waals surface area contributed by atoms with E-state index in [2.05, 4.69) is 43.2 Å². The summed E-state index contributed by atoms with van der Waals surface area (Å²) in [7, 11) is 1.64. The average molecular weight is 449 g/mol. The van der Waals surface area contributed by atoms with Crippen LogP contribution in [0.1, 0.15) is 41.2 Å². The van der Waals surface area contributed by atoms with Gasteiger partial charge in [-0.2, -0.15) is 4.98 Å². The molecule has 0 radical (unpaired) electrons. The number of nitrogens with one attached hydrogen (secondary N) is 3. The summed E-state index contributed by atoms with van der Waals surface area (Å²) in [6, 6.07) is 15.8. The number of hydrogen-bond acceptors (Lipinski definition) is 5. The fourth-order valence-corrected chi connectivity index (χ4v) is 3.31. The maximum Gasteiger partial charge on any atom is 0.257 e. The van der Waals surface area contributed by atoms with Crippen molar-refractivity contribution in [3.63, 3.8) is 0 Å². The molecule has 0 unspecified atom stereocenters. The highest BCUT2D eigenvalue weighted by atomic mass is 16.5. The normalized spacial score (nSPS) is 11.3. The number of amides is 1. The lowest BCUT2D eigenvalue weighted by Gasteiger charge is -2.12. The molecule has 33 heavy (non-hydrogen) atoms. The van der Waals surface area contributed by atoms with Crippen LogP contribution in [-0.2, 0) is 19.3 Å². The SMILES string of the molecule is CCNC(=NCCc1ccc(-c2nc(CC)no2)cc1)NCCc1cccc(C(=O)NC)c1. The monoisotopic (exact) mass is 448 g/mol. The van der Waals surface area contributed by atoms with Crippen LogP contribution in [0.25, 0.3) is 11.5 Å². The summed E-state index contributed by atoms with van der Waals surface area (Å²) in [5.74, 6) is 1.98. The molecule has 8 nitrogen and oxygen atoms in total. The first-order valence-electron chi connectivity index (χ1n) is 11.4. The van der Waals surface area contributed by atoms with Crippen molar-refractivity contribution >= 4 is 11.9 Å². The summed E-state index contributed by atoms with van der Waals surface area (Å²) in [5, 5.41) is 13.2. The first-order chi connectivity index (χ1) is 16.1. The van der Waals surface area contributed by atoms with E-state index in [9.17, 15) is 4.79 Å². The van der Waals surface area contributed by atoms with E-state index < -0.39 is 0 Å². The minimum absolute atomic E-state index is 0.0736. The average Bonchev–Trinajstić information content (AvgIpc) is 3.33. The molecular formula is C25H32N6O2. The second-order valence-corrected chi connectivity index (χ2v) is 7.53. The van der Waals surface area contributed by atoms with E-state index in [0.717, 1.165) is 49.4 Å². The van der Waals surface area contributed by atoms with E-state index in [1.54, 1.807) is 7.05 Å². The second kappa shape index (κ2) is 12.4. The zero-order valence-corrected chi connectivity index (χ0v) is 19.5. The molecule has 2 aromatic carbocycles. The number of aromatic nitrogens is 2. The van der Waals surface area contributed by atoms with E-state index in [1.807, 2.05) is 50.2 Å². The van der Waals surface area contributed by atoms with Gasteiger partial charge in [-0.25, -0.2) is 0 Å². The molecule has 3 aromatic rings. The molecule has 0 fully saturated rings. The summed E-state index contributed by atoms with van der Waals surface area (Å²) < 4.78 is 5.29. The van der Waals surface area contributed by atoms with Crippen LogP contribution in [0.2, 0.25) is 0 Å². The Balaban J connectivity index is 1.50. The van der Waals surface area contributed by atoms with Gasteiger partial charge >= 0.3 is 0 Å². The van der Waals surface area contributed by atoms with Crippen molar-refractivity contribution in [3.05, 3.63) is 71.0 Å². The molecule has 0 atom stereocenters. The molecule has 174 valence electrons. The van der Waals surface area contributed by atoms with Gasteiger partial charge in [0.2, 0.25) is 0 Å². The van der Waals surface area contributed by atoms with Crippen LogP contribution in [0.3, 0.4) is 0 Å². The summed E-state index contributed by atoms with van der Waals surface area (Å²) >= 11 is 0. The highest BCUT2D eigenvalue weighted by Gasteiger charge is 2.07. The Labute approximate surface area is 194 Å². The summed E-state index contributed by atoms with van der Waals surface area (Å²) in [6.07, 6.45) is 2.38. The standard InChI is InChI=1S/C25H32N6O2/c1-4-22-30-24(33-31-22)20-11-9-18(10-12-20)13-15-28-25(27-5-2)29-16-14-19-7-6-8-21(17-19)23(32)26-3/h6-12,17H,4-5,13-16H2,1-3H3,(H,26,32)(H2,27,28,29). The van der Waals surface area contributed by atoms with Crippen molar-refractivity contribution in [1.82, 2.24) is 26.1 Å². The zero-order valence-electron chi connectivity index (χ0n) is 19.5. The Bertz CT molecular complexity index is 1060. The maximum absolute atomic E-state index is 11.8. The number of benzene rings is 2. The topological polar surface area (TPSA) is 104 Å². The number of aliphatic imine (C=N–C) groups is 1. The first kappa shape index (κ1) is 24.0. The highest BCUT2D eigenvalue weighted by molar-refractivity contribution is 5.94. The van der Waals surface area contributed by atoms with Gasteiger partial charge in [0.15, 0.2) is 11.8 Å². The number of nitrogens with zero attached hydrogens (tertiary/aromatic N) is 3. The lowest BCUT2D eigenvalue weighted by atomic mass is 10.1. The van der Waals surface area contributed by atoms with Gasteiger partial charge in [0.25, 0.3) is 11.8 Å². The molecule has 3 rings (SSSR count). The van der Waals surface area contributed by atoms with Gasteiger partial charge in [-0.15, -0.1) is 0 Å². The molecule has 0 saturated heterocycles. The fourth-order valence-electron chi connectivity index (χ4n) is 3.31. The summed E-state index contributed by atoms with van der Waals surface area (Å²) in [4.78, 5) is 20.9. The van der Waals surface area contributed by atoms with Gasteiger partial charge < -0.3 is 20.5 Å². The Morgan fingerprint density at radius 3 is 2.55 bits per heavy atom. The third-order valence-corrected chi connectivity index (χ3v) is 5.12. The predicted octanol–water partition coefficient (Wildman–Crippen LogP) is 3.00. The van der Waals surface area contributed by atoms with Crippen LogP contribution in [0.4, 0.5) is 0 Å². The zero-order chi connectivity index (χ0) is 23.5. The van der Waals surface area contributed by atoms with Crippen molar-refractivity contribution in [2.75, 3.05) is 26.7 Å². The molecule has 0 aliphatic rings. The van der Waals surface area contributed by atoms with Gasteiger partial charge in [-0.05, 0) is 55.2 Å². The fraction of sp³-hybridized carbons (Fsp3) is 0.360. The molecule has 0 bridgehead atoms. The van der Waals surface area contributed by atoms with E-state index >= 15 is 0 Å². The largest absolute Gasteiger partial charge is 0.357 e. The molecule has 8 heteroatoms. The number of hydrogen-bond donors (Lipinski definition) is 3. The molecule has 1 aromatic heterocycles. The summed E-state index contributed by atoms with van der Waals surface area (Å²) in [6.45, 7) is 6.23. The van der Waals surface area contributed by atoms with Crippen molar-refractivity contribution in [2.45, 2.75) is 33.1 Å².